The van der Waals surface area contributed by atoms with E-state index in [-0.39, 0.29) is 34.9 Å². The molecule has 1 rings (SSSR count). The van der Waals surface area contributed by atoms with Gasteiger partial charge in [0, 0.05) is 26.1 Å². The summed E-state index contributed by atoms with van der Waals surface area (Å²) in [5.41, 5.74) is -0.530. The summed E-state index contributed by atoms with van der Waals surface area (Å²) in [6, 6.07) is 1.79. The number of hydrogen-bond acceptors (Lipinski definition) is 3. The van der Waals surface area contributed by atoms with Gasteiger partial charge in [0.25, 0.3) is 0 Å². The van der Waals surface area contributed by atoms with Crippen molar-refractivity contribution in [2.24, 2.45) is 0 Å². The highest BCUT2D eigenvalue weighted by Crippen LogP contribution is 2.34. The summed E-state index contributed by atoms with van der Waals surface area (Å²) in [7, 11) is 2.98. The van der Waals surface area contributed by atoms with Gasteiger partial charge in [0.15, 0.2) is 0 Å². The first-order chi connectivity index (χ1) is 10.0. The number of aromatic carboxylic acids is 1. The van der Waals surface area contributed by atoms with E-state index < -0.39 is 18.1 Å². The molecule has 0 aliphatic rings. The van der Waals surface area contributed by atoms with Gasteiger partial charge in [-0.25, -0.2) is 4.79 Å². The van der Waals surface area contributed by atoms with Gasteiger partial charge in [-0.1, -0.05) is 11.6 Å². The largest absolute Gasteiger partial charge is 0.573 e. The van der Waals surface area contributed by atoms with Gasteiger partial charge in [0.2, 0.25) is 5.91 Å². The van der Waals surface area contributed by atoms with Crippen molar-refractivity contribution in [1.82, 2.24) is 4.90 Å². The summed E-state index contributed by atoms with van der Waals surface area (Å²) >= 11 is 5.85. The second-order valence-corrected chi connectivity index (χ2v) is 4.92. The van der Waals surface area contributed by atoms with Crippen molar-refractivity contribution in [3.63, 3.8) is 0 Å². The molecule has 122 valence electrons. The molecule has 0 fully saturated rings. The van der Waals surface area contributed by atoms with E-state index in [0.717, 1.165) is 12.1 Å². The maximum absolute atomic E-state index is 12.4. The highest BCUT2D eigenvalue weighted by Gasteiger charge is 2.33. The molecule has 0 unspecified atom stereocenters. The smallest absolute Gasteiger partial charge is 0.478 e. The van der Waals surface area contributed by atoms with Crippen LogP contribution in [0.1, 0.15) is 22.3 Å². The van der Waals surface area contributed by atoms with Gasteiger partial charge in [-0.3, -0.25) is 4.79 Å². The molecule has 0 aliphatic heterocycles. The number of carboxylic acid groups (broad SMARTS) is 1. The number of hydrogen-bond donors (Lipinski definition) is 1. The van der Waals surface area contributed by atoms with Crippen molar-refractivity contribution in [3.8, 4) is 5.75 Å². The van der Waals surface area contributed by atoms with Crippen molar-refractivity contribution in [2.45, 2.75) is 19.2 Å². The fourth-order valence-electron chi connectivity index (χ4n) is 1.68. The number of carbonyl (C=O) groups excluding carboxylic acids is 1. The second-order valence-electron chi connectivity index (χ2n) is 4.54. The zero-order valence-corrected chi connectivity index (χ0v) is 12.5. The van der Waals surface area contributed by atoms with Crippen LogP contribution in [0.25, 0.3) is 0 Å². The quantitative estimate of drug-likeness (QED) is 0.895. The van der Waals surface area contributed by atoms with Gasteiger partial charge in [-0.2, -0.15) is 0 Å². The lowest BCUT2D eigenvalue weighted by Crippen LogP contribution is -2.22. The Morgan fingerprint density at radius 1 is 1.32 bits per heavy atom. The van der Waals surface area contributed by atoms with Crippen LogP contribution < -0.4 is 4.74 Å². The number of rotatable bonds is 5. The third-order valence-electron chi connectivity index (χ3n) is 2.74. The molecule has 1 amide bonds. The molecule has 0 heterocycles. The van der Waals surface area contributed by atoms with Gasteiger partial charge in [0.05, 0.1) is 10.6 Å². The van der Waals surface area contributed by atoms with Crippen molar-refractivity contribution >= 4 is 23.5 Å². The van der Waals surface area contributed by atoms with Crippen LogP contribution >= 0.6 is 11.6 Å². The topological polar surface area (TPSA) is 66.8 Å². The Bertz CT molecular complexity index is 587. The minimum absolute atomic E-state index is 0.135. The molecule has 1 N–H and O–H groups in total. The molecule has 0 saturated heterocycles. The van der Waals surface area contributed by atoms with E-state index in [1.807, 2.05) is 0 Å². The predicted molar refractivity (Wildman–Crippen MR) is 72.1 cm³/mol. The Morgan fingerprint density at radius 3 is 2.36 bits per heavy atom. The molecule has 0 aromatic heterocycles. The summed E-state index contributed by atoms with van der Waals surface area (Å²) in [6.07, 6.45) is -5.26. The lowest BCUT2D eigenvalue weighted by atomic mass is 10.0. The molecule has 0 aliphatic carbocycles. The lowest BCUT2D eigenvalue weighted by molar-refractivity contribution is -0.274. The van der Waals surface area contributed by atoms with Gasteiger partial charge in [-0.05, 0) is 18.6 Å². The summed E-state index contributed by atoms with van der Waals surface area (Å²) in [6.45, 7) is 0. The SMILES string of the molecule is CN(C)C(=O)CCc1c(OC(F)(F)F)ccc(C(=O)O)c1Cl. The van der Waals surface area contributed by atoms with E-state index in [4.69, 9.17) is 16.7 Å². The number of alkyl halides is 3. The Balaban J connectivity index is 3.19. The Hall–Kier alpha value is -1.96. The van der Waals surface area contributed by atoms with Crippen LogP contribution in [0.15, 0.2) is 12.1 Å². The normalized spacial score (nSPS) is 11.2. The molecule has 0 spiro atoms. The average molecular weight is 340 g/mol. The zero-order valence-electron chi connectivity index (χ0n) is 11.7. The molecular formula is C13H13ClF3NO4. The van der Waals surface area contributed by atoms with Crippen molar-refractivity contribution < 1.29 is 32.6 Å². The third kappa shape index (κ3) is 4.80. The fraction of sp³-hybridized carbons (Fsp3) is 0.385. The molecule has 9 heteroatoms. The van der Waals surface area contributed by atoms with E-state index in [9.17, 15) is 22.8 Å². The average Bonchev–Trinajstić information content (AvgIpc) is 2.35. The van der Waals surface area contributed by atoms with Crippen LogP contribution in [0.5, 0.6) is 5.75 Å². The maximum atomic E-state index is 12.4. The summed E-state index contributed by atoms with van der Waals surface area (Å²) in [5, 5.41) is 8.58. The van der Waals surface area contributed by atoms with Crippen LogP contribution in [0, 0.1) is 0 Å². The number of halogens is 4. The molecule has 0 radical (unpaired) electrons. The molecular weight excluding hydrogens is 327 g/mol. The van der Waals surface area contributed by atoms with Crippen molar-refractivity contribution in [1.29, 1.82) is 0 Å². The standard InChI is InChI=1S/C13H13ClF3NO4/c1-18(2)10(19)6-4-7-9(22-13(15,16)17)5-3-8(11(7)14)12(20)21/h3,5H,4,6H2,1-2H3,(H,20,21). The molecule has 1 aromatic carbocycles. The number of ether oxygens (including phenoxy) is 1. The Kier molecular flexibility index (Phi) is 5.65. The van der Waals surface area contributed by atoms with E-state index in [2.05, 4.69) is 4.74 Å². The Morgan fingerprint density at radius 2 is 1.91 bits per heavy atom. The maximum Gasteiger partial charge on any atom is 0.573 e. The monoisotopic (exact) mass is 339 g/mol. The number of carboxylic acids is 1. The molecule has 1 aromatic rings. The van der Waals surface area contributed by atoms with E-state index in [0.29, 0.717) is 0 Å². The molecule has 0 atom stereocenters. The van der Waals surface area contributed by atoms with Gasteiger partial charge in [-0.15, -0.1) is 13.2 Å². The lowest BCUT2D eigenvalue weighted by Gasteiger charge is -2.16. The first-order valence-electron chi connectivity index (χ1n) is 6.03. The molecule has 0 bridgehead atoms. The number of benzene rings is 1. The summed E-state index contributed by atoms with van der Waals surface area (Å²) in [5.74, 6) is -2.34. The van der Waals surface area contributed by atoms with Crippen molar-refractivity contribution in [2.75, 3.05) is 14.1 Å². The molecule has 0 saturated carbocycles. The van der Waals surface area contributed by atoms with Gasteiger partial charge in [0.1, 0.15) is 5.75 Å². The number of amides is 1. The van der Waals surface area contributed by atoms with Crippen LogP contribution in [0.2, 0.25) is 5.02 Å². The highest BCUT2D eigenvalue weighted by atomic mass is 35.5. The second kappa shape index (κ2) is 6.87. The number of carbonyl (C=O) groups is 2. The first-order valence-corrected chi connectivity index (χ1v) is 6.41. The van der Waals surface area contributed by atoms with Gasteiger partial charge < -0.3 is 14.7 Å². The van der Waals surface area contributed by atoms with Crippen LogP contribution in [-0.2, 0) is 11.2 Å². The Labute approximate surface area is 129 Å². The van der Waals surface area contributed by atoms with Crippen molar-refractivity contribution in [3.05, 3.63) is 28.3 Å². The molecule has 5 nitrogen and oxygen atoms in total. The minimum atomic E-state index is -4.95. The summed E-state index contributed by atoms with van der Waals surface area (Å²) in [4.78, 5) is 23.8. The van der Waals surface area contributed by atoms with Gasteiger partial charge >= 0.3 is 12.3 Å². The predicted octanol–water partition coefficient (Wildman–Crippen LogP) is 2.96. The summed E-state index contributed by atoms with van der Waals surface area (Å²) < 4.78 is 41.0. The van der Waals surface area contributed by atoms with Crippen LogP contribution in [-0.4, -0.2) is 42.3 Å². The van der Waals surface area contributed by atoms with Crippen LogP contribution in [0.4, 0.5) is 13.2 Å². The van der Waals surface area contributed by atoms with E-state index in [1.165, 1.54) is 19.0 Å². The highest BCUT2D eigenvalue weighted by molar-refractivity contribution is 6.34. The van der Waals surface area contributed by atoms with E-state index in [1.54, 1.807) is 0 Å². The van der Waals surface area contributed by atoms with E-state index >= 15 is 0 Å². The fourth-order valence-corrected chi connectivity index (χ4v) is 2.01. The zero-order chi connectivity index (χ0) is 17.1. The first kappa shape index (κ1) is 18.1. The van der Waals surface area contributed by atoms with Crippen LogP contribution in [0.3, 0.4) is 0 Å². The number of nitrogens with zero attached hydrogens (tertiary/aromatic N) is 1. The minimum Gasteiger partial charge on any atom is -0.478 e. The molecule has 22 heavy (non-hydrogen) atoms. The third-order valence-corrected chi connectivity index (χ3v) is 3.18.